The Hall–Kier alpha value is -1.65. The maximum absolute atomic E-state index is 12.7. The smallest absolute Gasteiger partial charge is 0.257 e. The number of anilines is 1. The molecule has 5 heteroatoms. The maximum atomic E-state index is 12.7. The van der Waals surface area contributed by atoms with E-state index in [9.17, 15) is 4.79 Å². The minimum Gasteiger partial charge on any atom is -0.341 e. The van der Waals surface area contributed by atoms with Crippen LogP contribution in [-0.4, -0.2) is 47.0 Å². The summed E-state index contributed by atoms with van der Waals surface area (Å²) >= 11 is 0. The van der Waals surface area contributed by atoms with Crippen molar-refractivity contribution in [2.75, 3.05) is 31.1 Å². The Kier molecular flexibility index (Phi) is 5.47. The van der Waals surface area contributed by atoms with Gasteiger partial charge in [-0.1, -0.05) is 25.7 Å². The third-order valence-corrected chi connectivity index (χ3v) is 4.98. The van der Waals surface area contributed by atoms with Crippen LogP contribution in [0.3, 0.4) is 0 Å². The fourth-order valence-electron chi connectivity index (χ4n) is 3.53. The molecule has 0 spiro atoms. The molecule has 2 saturated heterocycles. The Balaban J connectivity index is 1.74. The number of carbonyl (C=O) groups excluding carboxylic acids is 1. The predicted molar refractivity (Wildman–Crippen MR) is 91.8 cm³/mol. The van der Waals surface area contributed by atoms with E-state index in [0.717, 1.165) is 50.7 Å². The molecule has 2 fully saturated rings. The molecule has 3 heterocycles. The van der Waals surface area contributed by atoms with Crippen LogP contribution in [0.2, 0.25) is 0 Å². The highest BCUT2D eigenvalue weighted by molar-refractivity contribution is 5.95. The van der Waals surface area contributed by atoms with Crippen LogP contribution >= 0.6 is 0 Å². The lowest BCUT2D eigenvalue weighted by Crippen LogP contribution is -2.33. The molecule has 0 unspecified atom stereocenters. The van der Waals surface area contributed by atoms with Crippen molar-refractivity contribution in [1.82, 2.24) is 14.9 Å². The van der Waals surface area contributed by atoms with Crippen molar-refractivity contribution >= 4 is 11.9 Å². The summed E-state index contributed by atoms with van der Waals surface area (Å²) in [6, 6.07) is 0. The molecule has 0 radical (unpaired) electrons. The summed E-state index contributed by atoms with van der Waals surface area (Å²) in [6.07, 6.45) is 11.4. The van der Waals surface area contributed by atoms with Gasteiger partial charge in [0.1, 0.15) is 0 Å². The van der Waals surface area contributed by atoms with Gasteiger partial charge in [-0.3, -0.25) is 4.79 Å². The summed E-state index contributed by atoms with van der Waals surface area (Å²) in [7, 11) is 0. The summed E-state index contributed by atoms with van der Waals surface area (Å²) in [6.45, 7) is 5.73. The lowest BCUT2D eigenvalue weighted by molar-refractivity contribution is 0.0760. The zero-order chi connectivity index (χ0) is 16.1. The summed E-state index contributed by atoms with van der Waals surface area (Å²) in [5.74, 6) is 0.892. The molecule has 0 atom stereocenters. The van der Waals surface area contributed by atoms with E-state index in [4.69, 9.17) is 0 Å². The number of likely N-dealkylation sites (tertiary alicyclic amines) is 1. The second-order valence-corrected chi connectivity index (χ2v) is 6.78. The van der Waals surface area contributed by atoms with Crippen molar-refractivity contribution in [3.8, 4) is 0 Å². The molecular formula is C18H28N4O. The summed E-state index contributed by atoms with van der Waals surface area (Å²) < 4.78 is 0. The summed E-state index contributed by atoms with van der Waals surface area (Å²) in [5, 5.41) is 0. The molecule has 126 valence electrons. The molecule has 23 heavy (non-hydrogen) atoms. The molecule has 2 aliphatic heterocycles. The van der Waals surface area contributed by atoms with Crippen LogP contribution in [0, 0.1) is 6.92 Å². The van der Waals surface area contributed by atoms with Crippen molar-refractivity contribution in [3.63, 3.8) is 0 Å². The average Bonchev–Trinajstić information content (AvgIpc) is 2.99. The number of hydrogen-bond donors (Lipinski definition) is 0. The molecule has 5 nitrogen and oxygen atoms in total. The molecule has 0 bridgehead atoms. The van der Waals surface area contributed by atoms with Crippen molar-refractivity contribution in [3.05, 3.63) is 17.5 Å². The molecule has 1 amide bonds. The van der Waals surface area contributed by atoms with Crippen molar-refractivity contribution in [2.45, 2.75) is 58.3 Å². The lowest BCUT2D eigenvalue weighted by Gasteiger charge is -2.23. The van der Waals surface area contributed by atoms with Gasteiger partial charge in [-0.25, -0.2) is 9.97 Å². The Morgan fingerprint density at radius 3 is 2.04 bits per heavy atom. The van der Waals surface area contributed by atoms with Crippen LogP contribution in [0.5, 0.6) is 0 Å². The molecule has 2 aliphatic rings. The minimum absolute atomic E-state index is 0.104. The first-order valence-electron chi connectivity index (χ1n) is 9.13. The van der Waals surface area contributed by atoms with Gasteiger partial charge in [-0.05, 0) is 32.6 Å². The van der Waals surface area contributed by atoms with Gasteiger partial charge in [0.2, 0.25) is 5.95 Å². The standard InChI is InChI=1S/C18H28N4O/c1-15-16(17(23)21-10-6-2-3-7-11-21)14-19-18(20-15)22-12-8-4-5-9-13-22/h14H,2-13H2,1H3. The quantitative estimate of drug-likeness (QED) is 0.841. The molecule has 0 N–H and O–H groups in total. The highest BCUT2D eigenvalue weighted by Crippen LogP contribution is 2.19. The van der Waals surface area contributed by atoms with Crippen molar-refractivity contribution < 1.29 is 4.79 Å². The molecule has 0 aromatic carbocycles. The minimum atomic E-state index is 0.104. The number of hydrogen-bond acceptors (Lipinski definition) is 4. The molecule has 1 aromatic heterocycles. The third-order valence-electron chi connectivity index (χ3n) is 4.98. The molecule has 3 rings (SSSR count). The number of amides is 1. The monoisotopic (exact) mass is 316 g/mol. The van der Waals surface area contributed by atoms with E-state index in [-0.39, 0.29) is 5.91 Å². The van der Waals surface area contributed by atoms with Gasteiger partial charge in [0.05, 0.1) is 11.3 Å². The van der Waals surface area contributed by atoms with E-state index in [1.807, 2.05) is 11.8 Å². The Labute approximate surface area is 139 Å². The van der Waals surface area contributed by atoms with Gasteiger partial charge in [0.25, 0.3) is 5.91 Å². The number of aromatic nitrogens is 2. The SMILES string of the molecule is Cc1nc(N2CCCCCC2)ncc1C(=O)N1CCCCCC1. The number of nitrogens with zero attached hydrogens (tertiary/aromatic N) is 4. The van der Waals surface area contributed by atoms with Gasteiger partial charge < -0.3 is 9.80 Å². The van der Waals surface area contributed by atoms with Crippen molar-refractivity contribution in [2.24, 2.45) is 0 Å². The predicted octanol–water partition coefficient (Wildman–Crippen LogP) is 3.18. The Bertz CT molecular complexity index is 530. The third kappa shape index (κ3) is 4.01. The van der Waals surface area contributed by atoms with Crippen LogP contribution in [-0.2, 0) is 0 Å². The fraction of sp³-hybridized carbons (Fsp3) is 0.722. The molecule has 1 aromatic rings. The first-order chi connectivity index (χ1) is 11.3. The zero-order valence-electron chi connectivity index (χ0n) is 14.3. The van der Waals surface area contributed by atoms with Crippen LogP contribution in [0.1, 0.15) is 67.4 Å². The fourth-order valence-corrected chi connectivity index (χ4v) is 3.53. The summed E-state index contributed by atoms with van der Waals surface area (Å²) in [5.41, 5.74) is 1.49. The lowest BCUT2D eigenvalue weighted by atomic mass is 10.2. The normalized spacial score (nSPS) is 20.0. The first kappa shape index (κ1) is 16.2. The molecular weight excluding hydrogens is 288 g/mol. The molecule has 0 saturated carbocycles. The zero-order valence-corrected chi connectivity index (χ0v) is 14.3. The van der Waals surface area contributed by atoms with Gasteiger partial charge >= 0.3 is 0 Å². The maximum Gasteiger partial charge on any atom is 0.257 e. The number of carbonyl (C=O) groups is 1. The Morgan fingerprint density at radius 1 is 0.913 bits per heavy atom. The van der Waals surface area contributed by atoms with E-state index < -0.39 is 0 Å². The highest BCUT2D eigenvalue weighted by atomic mass is 16.2. The van der Waals surface area contributed by atoms with E-state index in [1.165, 1.54) is 38.5 Å². The van der Waals surface area contributed by atoms with E-state index in [0.29, 0.717) is 5.56 Å². The van der Waals surface area contributed by atoms with Crippen molar-refractivity contribution in [1.29, 1.82) is 0 Å². The van der Waals surface area contributed by atoms with Crippen LogP contribution in [0.15, 0.2) is 6.20 Å². The largest absolute Gasteiger partial charge is 0.341 e. The Morgan fingerprint density at radius 2 is 1.48 bits per heavy atom. The number of aryl methyl sites for hydroxylation is 1. The van der Waals surface area contributed by atoms with Gasteiger partial charge in [-0.15, -0.1) is 0 Å². The first-order valence-corrected chi connectivity index (χ1v) is 9.13. The second-order valence-electron chi connectivity index (χ2n) is 6.78. The van der Waals surface area contributed by atoms with E-state index >= 15 is 0 Å². The summed E-state index contributed by atoms with van der Waals surface area (Å²) in [4.78, 5) is 26.1. The second kappa shape index (κ2) is 7.75. The topological polar surface area (TPSA) is 49.3 Å². The van der Waals surface area contributed by atoms with Gasteiger partial charge in [0.15, 0.2) is 0 Å². The van der Waals surface area contributed by atoms with Crippen LogP contribution < -0.4 is 4.90 Å². The highest BCUT2D eigenvalue weighted by Gasteiger charge is 2.21. The van der Waals surface area contributed by atoms with Gasteiger partial charge in [0, 0.05) is 32.4 Å². The van der Waals surface area contributed by atoms with Crippen LogP contribution in [0.25, 0.3) is 0 Å². The van der Waals surface area contributed by atoms with Crippen LogP contribution in [0.4, 0.5) is 5.95 Å². The average molecular weight is 316 g/mol. The van der Waals surface area contributed by atoms with E-state index in [1.54, 1.807) is 6.20 Å². The van der Waals surface area contributed by atoms with Gasteiger partial charge in [-0.2, -0.15) is 0 Å². The number of rotatable bonds is 2. The molecule has 0 aliphatic carbocycles. The van der Waals surface area contributed by atoms with E-state index in [2.05, 4.69) is 14.9 Å².